The summed E-state index contributed by atoms with van der Waals surface area (Å²) in [4.78, 5) is 19.4. The van der Waals surface area contributed by atoms with E-state index >= 15 is 0 Å². The molecule has 0 bridgehead atoms. The molecule has 0 radical (unpaired) electrons. The van der Waals surface area contributed by atoms with Crippen molar-refractivity contribution >= 4 is 15.9 Å². The Kier molecular flexibility index (Phi) is 8.26. The summed E-state index contributed by atoms with van der Waals surface area (Å²) in [6.45, 7) is 4.86. The first kappa shape index (κ1) is 28.1. The van der Waals surface area contributed by atoms with Crippen molar-refractivity contribution in [2.75, 3.05) is 53.4 Å². The van der Waals surface area contributed by atoms with Crippen LogP contribution in [-0.2, 0) is 22.2 Å². The number of nitrogens with zero attached hydrogens (tertiary/aromatic N) is 6. The van der Waals surface area contributed by atoms with Crippen LogP contribution in [-0.4, -0.2) is 104 Å². The number of piperazine rings is 1. The van der Waals surface area contributed by atoms with Gasteiger partial charge in [-0.1, -0.05) is 42.5 Å². The number of sulfonamides is 1. The summed E-state index contributed by atoms with van der Waals surface area (Å²) in [6, 6.07) is 13.6. The molecule has 3 atom stereocenters. The van der Waals surface area contributed by atoms with Crippen LogP contribution in [0.2, 0.25) is 0 Å². The van der Waals surface area contributed by atoms with Gasteiger partial charge in [0.25, 0.3) is 0 Å². The number of nitrogens with one attached hydrogen (secondary N) is 1. The maximum absolute atomic E-state index is 13.2. The average Bonchev–Trinajstić information content (AvgIpc) is 3.33. The van der Waals surface area contributed by atoms with Gasteiger partial charge in [0.15, 0.2) is 0 Å². The number of rotatable bonds is 9. The summed E-state index contributed by atoms with van der Waals surface area (Å²) in [5.41, 5.74) is 3.28. The van der Waals surface area contributed by atoms with E-state index in [1.165, 1.54) is 11.3 Å². The molecule has 2 aromatic rings. The van der Waals surface area contributed by atoms with Gasteiger partial charge in [0.05, 0.1) is 29.6 Å². The zero-order valence-electron chi connectivity index (χ0n) is 24.1. The Balaban J connectivity index is 1.24. The molecular formula is C31H41N7O2S. The van der Waals surface area contributed by atoms with Crippen molar-refractivity contribution in [1.82, 2.24) is 29.3 Å². The maximum atomic E-state index is 13.2. The fourth-order valence-electron chi connectivity index (χ4n) is 6.55. The van der Waals surface area contributed by atoms with E-state index in [9.17, 15) is 8.42 Å². The number of aliphatic imine (C=N–C) groups is 1. The minimum atomic E-state index is -3.53. The van der Waals surface area contributed by atoms with Crippen LogP contribution in [0.1, 0.15) is 35.7 Å². The van der Waals surface area contributed by atoms with Gasteiger partial charge in [0, 0.05) is 45.5 Å². The van der Waals surface area contributed by atoms with Gasteiger partial charge >= 0.3 is 0 Å². The Labute approximate surface area is 244 Å². The molecule has 1 saturated heterocycles. The highest BCUT2D eigenvalue weighted by Crippen LogP contribution is 2.34. The molecule has 1 aliphatic carbocycles. The molecule has 218 valence electrons. The van der Waals surface area contributed by atoms with E-state index in [2.05, 4.69) is 62.7 Å². The number of pyridine rings is 1. The monoisotopic (exact) mass is 575 g/mol. The van der Waals surface area contributed by atoms with E-state index in [4.69, 9.17) is 9.98 Å². The number of aryl methyl sites for hydroxylation is 1. The molecular weight excluding hydrogens is 534 g/mol. The molecule has 10 heteroatoms. The second kappa shape index (κ2) is 12.1. The zero-order valence-corrected chi connectivity index (χ0v) is 24.9. The number of aromatic nitrogens is 1. The quantitative estimate of drug-likeness (QED) is 0.492. The second-order valence-corrected chi connectivity index (χ2v) is 13.5. The van der Waals surface area contributed by atoms with Gasteiger partial charge in [-0.15, -0.1) is 0 Å². The minimum Gasteiger partial charge on any atom is -0.355 e. The topological polar surface area (TPSA) is 84.4 Å². The first-order valence-electron chi connectivity index (χ1n) is 14.7. The van der Waals surface area contributed by atoms with Crippen molar-refractivity contribution in [3.8, 4) is 0 Å². The lowest BCUT2D eigenvalue weighted by atomic mass is 9.90. The molecule has 3 aliphatic heterocycles. The number of amidine groups is 1. The Morgan fingerprint density at radius 1 is 1.07 bits per heavy atom. The highest BCUT2D eigenvalue weighted by molar-refractivity contribution is 7.88. The second-order valence-electron chi connectivity index (χ2n) is 11.7. The van der Waals surface area contributed by atoms with Gasteiger partial charge in [-0.2, -0.15) is 0 Å². The smallest absolute Gasteiger partial charge is 0.215 e. The van der Waals surface area contributed by atoms with Crippen molar-refractivity contribution in [2.24, 2.45) is 4.99 Å². The van der Waals surface area contributed by atoms with Crippen molar-refractivity contribution in [2.45, 2.75) is 43.1 Å². The fraction of sp³-hybridized carbons (Fsp3) is 0.484. The molecule has 1 fully saturated rings. The molecule has 9 nitrogen and oxygen atoms in total. The number of allylic oxidation sites excluding steroid dienone is 2. The fourth-order valence-corrected chi connectivity index (χ4v) is 7.71. The number of fused-ring (bicyclic) bond motifs is 2. The van der Waals surface area contributed by atoms with Gasteiger partial charge in [0.1, 0.15) is 11.7 Å². The van der Waals surface area contributed by atoms with E-state index in [1.54, 1.807) is 0 Å². The van der Waals surface area contributed by atoms with Gasteiger partial charge in [-0.3, -0.25) is 14.9 Å². The lowest BCUT2D eigenvalue weighted by Crippen LogP contribution is -2.54. The predicted molar refractivity (Wildman–Crippen MR) is 163 cm³/mol. The van der Waals surface area contributed by atoms with E-state index in [0.717, 1.165) is 69.2 Å². The van der Waals surface area contributed by atoms with Crippen molar-refractivity contribution in [3.05, 3.63) is 89.5 Å². The van der Waals surface area contributed by atoms with Gasteiger partial charge in [-0.25, -0.2) is 13.1 Å². The lowest BCUT2D eigenvalue weighted by Gasteiger charge is -2.42. The van der Waals surface area contributed by atoms with Crippen LogP contribution >= 0.6 is 0 Å². The van der Waals surface area contributed by atoms with Crippen molar-refractivity contribution < 1.29 is 8.42 Å². The summed E-state index contributed by atoms with van der Waals surface area (Å²) in [5.74, 6) is 1.99. The highest BCUT2D eigenvalue weighted by Gasteiger charge is 2.41. The van der Waals surface area contributed by atoms with Crippen LogP contribution in [0.15, 0.2) is 77.7 Å². The minimum absolute atomic E-state index is 0.0373. The third-order valence-electron chi connectivity index (χ3n) is 8.77. The standard InChI is InChI=1S/C31H41N7O2S/c1-35-17-19-37(20-18-35)30-15-7-14-29-34-26(22-36(2)27-13-6-11-25-12-8-16-32-31(25)27)28(38(29)30)21-33-41(39,40)23-24-9-4-3-5-10-24/h3-5,7-10,12,14-16,26-28,33H,6,11,13,17-23H2,1-2H3/t26?,27-,28?/m0/s1. The molecule has 0 spiro atoms. The zero-order chi connectivity index (χ0) is 28.4. The molecule has 0 saturated carbocycles. The molecule has 1 aromatic heterocycles. The van der Waals surface area contributed by atoms with Crippen molar-refractivity contribution in [1.29, 1.82) is 0 Å². The number of benzene rings is 1. The largest absolute Gasteiger partial charge is 0.355 e. The Morgan fingerprint density at radius 2 is 1.88 bits per heavy atom. The molecule has 1 N–H and O–H groups in total. The lowest BCUT2D eigenvalue weighted by molar-refractivity contribution is 0.141. The molecule has 4 aliphatic rings. The summed E-state index contributed by atoms with van der Waals surface area (Å²) in [7, 11) is 0.788. The van der Waals surface area contributed by atoms with Crippen LogP contribution in [0.5, 0.6) is 0 Å². The Bertz CT molecular complexity index is 1420. The molecule has 6 rings (SSSR count). The molecule has 41 heavy (non-hydrogen) atoms. The van der Waals surface area contributed by atoms with Gasteiger partial charge in [-0.05, 0) is 62.7 Å². The van der Waals surface area contributed by atoms with Gasteiger partial charge in [0.2, 0.25) is 10.0 Å². The van der Waals surface area contributed by atoms with E-state index in [0.29, 0.717) is 6.54 Å². The number of likely N-dealkylation sites (N-methyl/N-ethyl adjacent to an activating group) is 2. The maximum Gasteiger partial charge on any atom is 0.215 e. The summed E-state index contributed by atoms with van der Waals surface area (Å²) in [6.07, 6.45) is 11.5. The summed E-state index contributed by atoms with van der Waals surface area (Å²) >= 11 is 0. The third-order valence-corrected chi connectivity index (χ3v) is 10.1. The average molecular weight is 576 g/mol. The summed E-state index contributed by atoms with van der Waals surface area (Å²) < 4.78 is 29.4. The first-order valence-corrected chi connectivity index (χ1v) is 16.4. The number of hydrogen-bond acceptors (Lipinski definition) is 8. The molecule has 1 aromatic carbocycles. The Hall–Kier alpha value is -3.05. The van der Waals surface area contributed by atoms with Crippen LogP contribution in [0.4, 0.5) is 0 Å². The normalized spacial score (nSPS) is 24.7. The van der Waals surface area contributed by atoms with Crippen LogP contribution in [0.3, 0.4) is 0 Å². The van der Waals surface area contributed by atoms with Crippen molar-refractivity contribution in [3.63, 3.8) is 0 Å². The van der Waals surface area contributed by atoms with Crippen LogP contribution in [0.25, 0.3) is 0 Å². The third kappa shape index (κ3) is 6.25. The highest BCUT2D eigenvalue weighted by atomic mass is 32.2. The first-order chi connectivity index (χ1) is 19.9. The predicted octanol–water partition coefficient (Wildman–Crippen LogP) is 2.62. The SMILES string of the molecule is CN1CCN(C2=CC=CC3=NC(CN(C)[C@H]4CCCc5cccnc54)C(CNS(=O)(=O)Cc4ccccc4)N23)CC1. The Morgan fingerprint density at radius 3 is 2.68 bits per heavy atom. The van der Waals surface area contributed by atoms with Crippen LogP contribution in [0, 0.1) is 0 Å². The van der Waals surface area contributed by atoms with E-state index in [-0.39, 0.29) is 23.9 Å². The number of hydrogen-bond donors (Lipinski definition) is 1. The van der Waals surface area contributed by atoms with E-state index < -0.39 is 10.0 Å². The summed E-state index contributed by atoms with van der Waals surface area (Å²) in [5, 5.41) is 0. The molecule has 2 unspecified atom stereocenters. The van der Waals surface area contributed by atoms with Crippen LogP contribution < -0.4 is 4.72 Å². The van der Waals surface area contributed by atoms with Gasteiger partial charge < -0.3 is 14.7 Å². The molecule has 4 heterocycles. The molecule has 0 amide bonds. The van der Waals surface area contributed by atoms with E-state index in [1.807, 2.05) is 42.6 Å².